The number of allylic oxidation sites excluding steroid dienone is 1. The predicted octanol–water partition coefficient (Wildman–Crippen LogP) is 5.59. The predicted molar refractivity (Wildman–Crippen MR) is 121 cm³/mol. The van der Waals surface area contributed by atoms with Crippen molar-refractivity contribution in [2.45, 2.75) is 59.0 Å². The first-order valence-corrected chi connectivity index (χ1v) is 10.3. The first kappa shape index (κ1) is 23.2. The van der Waals surface area contributed by atoms with Gasteiger partial charge in [0.25, 0.3) is 0 Å². The van der Waals surface area contributed by atoms with E-state index < -0.39 is 0 Å². The van der Waals surface area contributed by atoms with E-state index in [0.29, 0.717) is 6.04 Å². The molecule has 2 heteroatoms. The zero-order valence-electron chi connectivity index (χ0n) is 17.9. The van der Waals surface area contributed by atoms with Gasteiger partial charge in [-0.25, -0.2) is 0 Å². The minimum absolute atomic E-state index is 0.506. The van der Waals surface area contributed by atoms with Crippen molar-refractivity contribution in [3.05, 3.63) is 54.1 Å². The highest BCUT2D eigenvalue weighted by molar-refractivity contribution is 5.58. The van der Waals surface area contributed by atoms with E-state index in [1.54, 1.807) is 0 Å². The summed E-state index contributed by atoms with van der Waals surface area (Å²) in [5.74, 6) is 6.85. The summed E-state index contributed by atoms with van der Waals surface area (Å²) in [4.78, 5) is 4.84. The van der Waals surface area contributed by atoms with Gasteiger partial charge in [0.1, 0.15) is 0 Å². The van der Waals surface area contributed by atoms with E-state index >= 15 is 0 Å². The van der Waals surface area contributed by atoms with E-state index in [9.17, 15) is 0 Å². The third kappa shape index (κ3) is 8.16. The molecule has 0 fully saturated rings. The molecule has 0 aliphatic heterocycles. The monoisotopic (exact) mass is 366 g/mol. The summed E-state index contributed by atoms with van der Waals surface area (Å²) in [6.45, 7) is 18.5. The van der Waals surface area contributed by atoms with Gasteiger partial charge in [0, 0.05) is 18.2 Å². The van der Waals surface area contributed by atoms with E-state index in [0.717, 1.165) is 44.6 Å². The quantitative estimate of drug-likeness (QED) is 0.351. The van der Waals surface area contributed by atoms with Crippen molar-refractivity contribution in [3.63, 3.8) is 0 Å². The van der Waals surface area contributed by atoms with Crippen LogP contribution in [-0.2, 0) is 6.54 Å². The Kier molecular flexibility index (Phi) is 11.5. The van der Waals surface area contributed by atoms with Crippen LogP contribution in [0.3, 0.4) is 0 Å². The van der Waals surface area contributed by atoms with Gasteiger partial charge in [-0.3, -0.25) is 9.80 Å². The van der Waals surface area contributed by atoms with E-state index in [-0.39, 0.29) is 0 Å². The van der Waals surface area contributed by atoms with Crippen LogP contribution in [0.25, 0.3) is 6.08 Å². The Balaban J connectivity index is 2.97. The third-order valence-corrected chi connectivity index (χ3v) is 4.99. The van der Waals surface area contributed by atoms with Gasteiger partial charge >= 0.3 is 0 Å². The van der Waals surface area contributed by atoms with Crippen LogP contribution in [0.1, 0.15) is 63.1 Å². The smallest absolute Gasteiger partial charge is 0.0605 e. The van der Waals surface area contributed by atoms with Gasteiger partial charge < -0.3 is 0 Å². The molecule has 0 aromatic heterocycles. The average molecular weight is 367 g/mol. The number of hydrogen-bond donors (Lipinski definition) is 0. The Morgan fingerprint density at radius 1 is 1.15 bits per heavy atom. The van der Waals surface area contributed by atoms with Gasteiger partial charge in [0.2, 0.25) is 0 Å². The summed E-state index contributed by atoms with van der Waals surface area (Å²) in [6.07, 6.45) is 8.46. The Hall–Kier alpha value is -1.82. The summed E-state index contributed by atoms with van der Waals surface area (Å²) < 4.78 is 0. The molecule has 0 saturated carbocycles. The SMILES string of the molecule is C=CCCC(C)N(C)Cc1c(C#CCN(CCC)CCC)cccc1C=C. The maximum absolute atomic E-state index is 4.00. The van der Waals surface area contributed by atoms with Gasteiger partial charge in [-0.2, -0.15) is 0 Å². The molecule has 27 heavy (non-hydrogen) atoms. The van der Waals surface area contributed by atoms with Crippen molar-refractivity contribution in [3.8, 4) is 11.8 Å². The van der Waals surface area contributed by atoms with Crippen LogP contribution in [0.15, 0.2) is 37.4 Å². The highest BCUT2D eigenvalue weighted by Gasteiger charge is 2.13. The molecule has 0 spiro atoms. The number of hydrogen-bond acceptors (Lipinski definition) is 2. The molecular weight excluding hydrogens is 328 g/mol. The Bertz CT molecular complexity index is 629. The standard InChI is InChI=1S/C25H38N2/c1-7-11-14-22(5)26(6)21-25-23(10-4)15-12-16-24(25)17-13-20-27(18-8-2)19-9-3/h7,10,12,15-16,22H,1,4,8-9,11,14,18-21H2,2-3,5-6H3. The van der Waals surface area contributed by atoms with Gasteiger partial charge in [-0.15, -0.1) is 6.58 Å². The molecule has 1 unspecified atom stereocenters. The first-order valence-electron chi connectivity index (χ1n) is 10.3. The molecule has 1 atom stereocenters. The summed E-state index contributed by atoms with van der Waals surface area (Å²) in [5.41, 5.74) is 3.59. The zero-order chi connectivity index (χ0) is 20.1. The maximum atomic E-state index is 4.00. The van der Waals surface area contributed by atoms with Gasteiger partial charge in [-0.05, 0) is 69.9 Å². The minimum atomic E-state index is 0.506. The Morgan fingerprint density at radius 2 is 1.85 bits per heavy atom. The largest absolute Gasteiger partial charge is 0.299 e. The van der Waals surface area contributed by atoms with Crippen LogP contribution in [0, 0.1) is 11.8 Å². The topological polar surface area (TPSA) is 6.48 Å². The molecule has 0 amide bonds. The maximum Gasteiger partial charge on any atom is 0.0605 e. The van der Waals surface area contributed by atoms with Crippen molar-refractivity contribution < 1.29 is 0 Å². The summed E-state index contributed by atoms with van der Waals surface area (Å²) in [6, 6.07) is 6.87. The van der Waals surface area contributed by atoms with Crippen molar-refractivity contribution in [1.82, 2.24) is 9.80 Å². The second-order valence-electron chi connectivity index (χ2n) is 7.29. The molecule has 0 aliphatic rings. The Labute approximate surface area is 168 Å². The van der Waals surface area contributed by atoms with Gasteiger partial charge in [0.05, 0.1) is 6.54 Å². The third-order valence-electron chi connectivity index (χ3n) is 4.99. The van der Waals surface area contributed by atoms with Crippen LogP contribution in [0.4, 0.5) is 0 Å². The first-order chi connectivity index (χ1) is 13.1. The normalized spacial score (nSPS) is 11.9. The fraction of sp³-hybridized carbons (Fsp3) is 0.520. The molecule has 1 aromatic rings. The lowest BCUT2D eigenvalue weighted by atomic mass is 9.99. The van der Waals surface area contributed by atoms with E-state index in [4.69, 9.17) is 0 Å². The van der Waals surface area contributed by atoms with Crippen LogP contribution in [-0.4, -0.2) is 42.5 Å². The highest BCUT2D eigenvalue weighted by atomic mass is 15.1. The summed E-state index contributed by atoms with van der Waals surface area (Å²) in [5, 5.41) is 0. The van der Waals surface area contributed by atoms with Crippen LogP contribution in [0.5, 0.6) is 0 Å². The second kappa shape index (κ2) is 13.4. The molecule has 0 bridgehead atoms. The summed E-state index contributed by atoms with van der Waals surface area (Å²) in [7, 11) is 2.19. The van der Waals surface area contributed by atoms with Crippen molar-refractivity contribution in [1.29, 1.82) is 0 Å². The Morgan fingerprint density at radius 3 is 2.44 bits per heavy atom. The highest BCUT2D eigenvalue weighted by Crippen LogP contribution is 2.19. The molecule has 0 N–H and O–H groups in total. The van der Waals surface area contributed by atoms with Crippen LogP contribution < -0.4 is 0 Å². The molecular formula is C25H38N2. The average Bonchev–Trinajstić information content (AvgIpc) is 2.67. The summed E-state index contributed by atoms with van der Waals surface area (Å²) >= 11 is 0. The lowest BCUT2D eigenvalue weighted by Gasteiger charge is -2.26. The minimum Gasteiger partial charge on any atom is -0.299 e. The molecule has 0 radical (unpaired) electrons. The van der Waals surface area contributed by atoms with Crippen molar-refractivity contribution >= 4 is 6.08 Å². The van der Waals surface area contributed by atoms with Gasteiger partial charge in [-0.1, -0.05) is 56.6 Å². The molecule has 148 valence electrons. The number of nitrogens with zero attached hydrogens (tertiary/aromatic N) is 2. The zero-order valence-corrected chi connectivity index (χ0v) is 17.9. The lowest BCUT2D eigenvalue weighted by molar-refractivity contribution is 0.239. The molecule has 2 nitrogen and oxygen atoms in total. The van der Waals surface area contributed by atoms with Crippen molar-refractivity contribution in [2.24, 2.45) is 0 Å². The van der Waals surface area contributed by atoms with E-state index in [1.807, 2.05) is 12.2 Å². The second-order valence-corrected chi connectivity index (χ2v) is 7.29. The molecule has 0 heterocycles. The van der Waals surface area contributed by atoms with Crippen LogP contribution >= 0.6 is 0 Å². The molecule has 0 aliphatic carbocycles. The van der Waals surface area contributed by atoms with Crippen molar-refractivity contribution in [2.75, 3.05) is 26.7 Å². The lowest BCUT2D eigenvalue weighted by Crippen LogP contribution is -2.29. The number of rotatable bonds is 12. The number of benzene rings is 1. The molecule has 0 saturated heterocycles. The fourth-order valence-corrected chi connectivity index (χ4v) is 3.22. The van der Waals surface area contributed by atoms with Gasteiger partial charge in [0.15, 0.2) is 0 Å². The molecule has 1 rings (SSSR count). The molecule has 1 aromatic carbocycles. The van der Waals surface area contributed by atoms with E-state index in [1.165, 1.54) is 24.0 Å². The van der Waals surface area contributed by atoms with Crippen LogP contribution in [0.2, 0.25) is 0 Å². The fourth-order valence-electron chi connectivity index (χ4n) is 3.22. The van der Waals surface area contributed by atoms with E-state index in [2.05, 4.69) is 80.8 Å².